The van der Waals surface area contributed by atoms with Gasteiger partial charge in [-0.3, -0.25) is 0 Å². The summed E-state index contributed by atoms with van der Waals surface area (Å²) < 4.78 is 27.2. The number of hydrogen-bond acceptors (Lipinski definition) is 9. The Morgan fingerprint density at radius 3 is 2.95 bits per heavy atom. The summed E-state index contributed by atoms with van der Waals surface area (Å²) >= 11 is 6.85. The molecule has 4 heterocycles. The molecule has 10 heteroatoms. The van der Waals surface area contributed by atoms with E-state index in [1.54, 1.807) is 13.8 Å². The first-order valence-corrected chi connectivity index (χ1v) is 7.85. The number of halogens is 1. The Morgan fingerprint density at radius 1 is 1.45 bits per heavy atom. The third kappa shape index (κ3) is 2.12. The lowest BCUT2D eigenvalue weighted by atomic mass is 9.94. The van der Waals surface area contributed by atoms with Gasteiger partial charge >= 0.3 is 0 Å². The predicted octanol–water partition coefficient (Wildman–Crippen LogP) is 1.08. The van der Waals surface area contributed by atoms with Gasteiger partial charge in [0.2, 0.25) is 22.5 Å². The first kappa shape index (κ1) is 14.6. The molecule has 2 saturated heterocycles. The first-order chi connectivity index (χ1) is 10.4. The number of ether oxygens (including phenoxy) is 4. The van der Waals surface area contributed by atoms with Gasteiger partial charge in [0.25, 0.3) is 0 Å². The van der Waals surface area contributed by atoms with Crippen LogP contribution >= 0.6 is 23.1 Å². The van der Waals surface area contributed by atoms with Crippen LogP contribution in [0.4, 0.5) is 5.13 Å². The van der Waals surface area contributed by atoms with Crippen molar-refractivity contribution < 1.29 is 24.1 Å². The smallest absolute Gasteiger partial charge is 0.236 e. The molecule has 1 aromatic heterocycles. The highest BCUT2D eigenvalue weighted by Crippen LogP contribution is 2.48. The number of aromatic nitrogens is 2. The van der Waals surface area contributed by atoms with E-state index in [0.717, 1.165) is 11.5 Å². The number of rotatable bonds is 3. The van der Waals surface area contributed by atoms with Crippen molar-refractivity contribution in [3.05, 3.63) is 16.7 Å². The first-order valence-electron chi connectivity index (χ1n) is 6.70. The number of anilines is 1. The highest BCUT2D eigenvalue weighted by Gasteiger charge is 2.61. The van der Waals surface area contributed by atoms with Crippen LogP contribution in [0.3, 0.4) is 0 Å². The van der Waals surface area contributed by atoms with Crippen LogP contribution in [0.25, 0.3) is 0 Å². The molecule has 8 nitrogen and oxygen atoms in total. The fourth-order valence-electron chi connectivity index (χ4n) is 2.77. The Hall–Kier alpha value is -0.970. The van der Waals surface area contributed by atoms with Crippen molar-refractivity contribution in [3.63, 3.8) is 0 Å². The van der Waals surface area contributed by atoms with Gasteiger partial charge in [0.1, 0.15) is 5.70 Å². The molecule has 0 aromatic carbocycles. The van der Waals surface area contributed by atoms with Crippen LogP contribution in [-0.2, 0) is 18.9 Å². The zero-order valence-electron chi connectivity index (χ0n) is 11.8. The van der Waals surface area contributed by atoms with E-state index in [0.29, 0.717) is 16.6 Å². The molecule has 3 aliphatic rings. The SMILES string of the molecule is CC1(C)OC2=C(Nc3nc(Cl)ns3)[C@H]3OC[C@](CO)(O3)[C@@H]2O1. The van der Waals surface area contributed by atoms with Crippen molar-refractivity contribution in [1.29, 1.82) is 0 Å². The highest BCUT2D eigenvalue weighted by molar-refractivity contribution is 7.10. The average molecular weight is 348 g/mol. The number of nitrogens with zero attached hydrogens (tertiary/aromatic N) is 2. The van der Waals surface area contributed by atoms with Crippen molar-refractivity contribution >= 4 is 28.3 Å². The lowest BCUT2D eigenvalue weighted by molar-refractivity contribution is -0.185. The van der Waals surface area contributed by atoms with Gasteiger partial charge < -0.3 is 29.4 Å². The molecule has 0 saturated carbocycles. The summed E-state index contributed by atoms with van der Waals surface area (Å²) in [6.07, 6.45) is -1.24. The zero-order chi connectivity index (χ0) is 15.5. The van der Waals surface area contributed by atoms with E-state index < -0.39 is 23.8 Å². The molecular weight excluding hydrogens is 334 g/mol. The summed E-state index contributed by atoms with van der Waals surface area (Å²) in [5.74, 6) is -0.263. The lowest BCUT2D eigenvalue weighted by Crippen LogP contribution is -2.52. The fraction of sp³-hybridized carbons (Fsp3) is 0.667. The third-order valence-corrected chi connectivity index (χ3v) is 4.61. The van der Waals surface area contributed by atoms with Gasteiger partial charge in [0.15, 0.2) is 17.5 Å². The largest absolute Gasteiger partial charge is 0.462 e. The summed E-state index contributed by atoms with van der Waals surface area (Å²) in [4.78, 5) is 4.05. The van der Waals surface area contributed by atoms with Gasteiger partial charge in [-0.05, 0) is 11.6 Å². The fourth-order valence-corrected chi connectivity index (χ4v) is 3.50. The summed E-state index contributed by atoms with van der Waals surface area (Å²) in [6.45, 7) is 3.59. The molecule has 0 aliphatic carbocycles. The normalized spacial score (nSPS) is 35.5. The molecule has 2 N–H and O–H groups in total. The lowest BCUT2D eigenvalue weighted by Gasteiger charge is -2.34. The second-order valence-electron chi connectivity index (χ2n) is 5.75. The Bertz CT molecular complexity index is 650. The van der Waals surface area contributed by atoms with E-state index in [2.05, 4.69) is 14.7 Å². The summed E-state index contributed by atoms with van der Waals surface area (Å²) in [5.41, 5.74) is -0.387. The minimum atomic E-state index is -0.947. The van der Waals surface area contributed by atoms with Crippen molar-refractivity contribution in [2.24, 2.45) is 0 Å². The topological polar surface area (TPSA) is 95.0 Å². The maximum absolute atomic E-state index is 9.74. The number of aliphatic hydroxyl groups excluding tert-OH is 1. The van der Waals surface area contributed by atoms with Crippen molar-refractivity contribution in [3.8, 4) is 0 Å². The monoisotopic (exact) mass is 347 g/mol. The van der Waals surface area contributed by atoms with Crippen molar-refractivity contribution in [1.82, 2.24) is 9.36 Å². The van der Waals surface area contributed by atoms with Crippen LogP contribution in [0, 0.1) is 0 Å². The number of aliphatic hydroxyl groups is 1. The van der Waals surface area contributed by atoms with Gasteiger partial charge in [0.05, 0.1) is 13.2 Å². The van der Waals surface area contributed by atoms with E-state index in [4.69, 9.17) is 30.5 Å². The molecule has 3 atom stereocenters. The summed E-state index contributed by atoms with van der Waals surface area (Å²) in [5, 5.41) is 13.5. The Kier molecular flexibility index (Phi) is 3.16. The summed E-state index contributed by atoms with van der Waals surface area (Å²) in [6, 6.07) is 0. The Labute approximate surface area is 135 Å². The molecule has 3 aliphatic heterocycles. The maximum atomic E-state index is 9.74. The summed E-state index contributed by atoms with van der Waals surface area (Å²) in [7, 11) is 0. The molecule has 2 bridgehead atoms. The van der Waals surface area contributed by atoms with E-state index in [-0.39, 0.29) is 18.5 Å². The molecule has 22 heavy (non-hydrogen) atoms. The van der Waals surface area contributed by atoms with Crippen LogP contribution in [-0.4, -0.2) is 51.5 Å². The molecule has 0 radical (unpaired) electrons. The molecule has 2 fully saturated rings. The number of fused-ring (bicyclic) bond motifs is 4. The second-order valence-corrected chi connectivity index (χ2v) is 6.84. The standard InChI is InChI=1S/C12H14ClN3O5S/c1-11(2)19-6-5(14-10-15-9(13)16-22-10)8-18-4-12(3-17,21-8)7(6)20-11/h7-8,17H,3-4H2,1-2H3,(H,14,15,16)/t7-,8+,12+/m1/s1. The third-order valence-electron chi connectivity index (χ3n) is 3.71. The van der Waals surface area contributed by atoms with Crippen molar-refractivity contribution in [2.45, 2.75) is 37.6 Å². The van der Waals surface area contributed by atoms with Gasteiger partial charge in [-0.1, -0.05) is 0 Å². The molecule has 120 valence electrons. The second kappa shape index (κ2) is 4.76. The van der Waals surface area contributed by atoms with Gasteiger partial charge in [-0.15, -0.1) is 0 Å². The van der Waals surface area contributed by atoms with Crippen LogP contribution in [0.1, 0.15) is 13.8 Å². The average Bonchev–Trinajstić information content (AvgIpc) is 3.12. The molecule has 0 amide bonds. The minimum absolute atomic E-state index is 0.160. The van der Waals surface area contributed by atoms with Crippen LogP contribution in [0.5, 0.6) is 0 Å². The van der Waals surface area contributed by atoms with E-state index >= 15 is 0 Å². The number of hydrogen-bond donors (Lipinski definition) is 2. The highest BCUT2D eigenvalue weighted by atomic mass is 35.5. The molecule has 0 spiro atoms. The molecule has 0 unspecified atom stereocenters. The Balaban J connectivity index is 1.75. The quantitative estimate of drug-likeness (QED) is 0.839. The van der Waals surface area contributed by atoms with Crippen LogP contribution in [0.15, 0.2) is 11.5 Å². The molecular formula is C12H14ClN3O5S. The van der Waals surface area contributed by atoms with Crippen molar-refractivity contribution in [2.75, 3.05) is 18.5 Å². The Morgan fingerprint density at radius 2 is 2.27 bits per heavy atom. The van der Waals surface area contributed by atoms with Crippen LogP contribution in [0.2, 0.25) is 5.28 Å². The zero-order valence-corrected chi connectivity index (χ0v) is 13.4. The van der Waals surface area contributed by atoms with Gasteiger partial charge in [-0.2, -0.15) is 9.36 Å². The van der Waals surface area contributed by atoms with Gasteiger partial charge in [0, 0.05) is 25.4 Å². The number of nitrogens with one attached hydrogen (secondary N) is 1. The molecule has 1 aromatic rings. The van der Waals surface area contributed by atoms with Gasteiger partial charge in [-0.25, -0.2) is 0 Å². The maximum Gasteiger partial charge on any atom is 0.236 e. The molecule has 4 rings (SSSR count). The van der Waals surface area contributed by atoms with E-state index in [1.165, 1.54) is 0 Å². The van der Waals surface area contributed by atoms with Crippen LogP contribution < -0.4 is 5.32 Å². The minimum Gasteiger partial charge on any atom is -0.462 e. The van der Waals surface area contributed by atoms with E-state index in [1.807, 2.05) is 0 Å². The van der Waals surface area contributed by atoms with E-state index in [9.17, 15) is 5.11 Å². The predicted molar refractivity (Wildman–Crippen MR) is 76.2 cm³/mol.